The molecule has 2 rings (SSSR count). The molecule has 3 N–H and O–H groups in total. The van der Waals surface area contributed by atoms with Crippen molar-refractivity contribution in [3.05, 3.63) is 34.9 Å². The smallest absolute Gasteiger partial charge is 0.252 e. The van der Waals surface area contributed by atoms with Gasteiger partial charge in [-0.3, -0.25) is 9.79 Å². The van der Waals surface area contributed by atoms with E-state index >= 15 is 0 Å². The average molecular weight is 408 g/mol. The highest BCUT2D eigenvalue weighted by Crippen LogP contribution is 2.16. The van der Waals surface area contributed by atoms with Crippen LogP contribution in [0.3, 0.4) is 0 Å². The first kappa shape index (κ1) is 22.5. The summed E-state index contributed by atoms with van der Waals surface area (Å²) in [5, 5.41) is 9.85. The molecule has 1 aliphatic rings. The molecule has 0 spiro atoms. The Hall–Kier alpha value is -1.79. The van der Waals surface area contributed by atoms with E-state index in [0.717, 1.165) is 37.9 Å². The van der Waals surface area contributed by atoms with Crippen molar-refractivity contribution in [1.82, 2.24) is 20.9 Å². The minimum atomic E-state index is -0.162. The monoisotopic (exact) mass is 407 g/mol. The lowest BCUT2D eigenvalue weighted by atomic mass is 9.99. The molecule has 0 aromatic heterocycles. The van der Waals surface area contributed by atoms with Crippen LogP contribution in [-0.4, -0.2) is 62.6 Å². The van der Waals surface area contributed by atoms with Crippen LogP contribution < -0.4 is 16.0 Å². The lowest BCUT2D eigenvalue weighted by molar-refractivity contribution is 0.0954. The number of guanidine groups is 1. The van der Waals surface area contributed by atoms with E-state index in [2.05, 4.69) is 32.8 Å². The van der Waals surface area contributed by atoms with E-state index in [4.69, 9.17) is 11.6 Å². The Bertz CT molecular complexity index is 629. The number of likely N-dealkylation sites (tertiary alicyclic amines) is 1. The van der Waals surface area contributed by atoms with E-state index in [1.807, 2.05) is 13.0 Å². The van der Waals surface area contributed by atoms with Crippen molar-refractivity contribution < 1.29 is 4.79 Å². The largest absolute Gasteiger partial charge is 0.357 e. The zero-order valence-electron chi connectivity index (χ0n) is 17.1. The molecule has 28 heavy (non-hydrogen) atoms. The summed E-state index contributed by atoms with van der Waals surface area (Å²) in [7, 11) is 0. The molecule has 0 unspecified atom stereocenters. The van der Waals surface area contributed by atoms with Gasteiger partial charge in [0.15, 0.2) is 5.96 Å². The molecule has 1 saturated heterocycles. The van der Waals surface area contributed by atoms with Gasteiger partial charge in [0, 0.05) is 26.2 Å². The van der Waals surface area contributed by atoms with E-state index in [0.29, 0.717) is 23.7 Å². The number of nitrogens with one attached hydrogen (secondary N) is 3. The third kappa shape index (κ3) is 8.07. The van der Waals surface area contributed by atoms with Gasteiger partial charge in [-0.05, 0) is 63.9 Å². The second-order valence-electron chi connectivity index (χ2n) is 7.30. The third-order valence-electron chi connectivity index (χ3n) is 4.94. The molecule has 0 radical (unpaired) electrons. The van der Waals surface area contributed by atoms with Crippen LogP contribution in [0.25, 0.3) is 0 Å². The van der Waals surface area contributed by atoms with Crippen LogP contribution >= 0.6 is 11.6 Å². The maximum atomic E-state index is 12.1. The van der Waals surface area contributed by atoms with Gasteiger partial charge in [0.05, 0.1) is 10.6 Å². The Morgan fingerprint density at radius 2 is 1.89 bits per heavy atom. The van der Waals surface area contributed by atoms with Gasteiger partial charge in [-0.1, -0.05) is 30.7 Å². The molecule has 0 bridgehead atoms. The molecule has 0 atom stereocenters. The number of benzene rings is 1. The van der Waals surface area contributed by atoms with Crippen molar-refractivity contribution in [2.45, 2.75) is 33.1 Å². The van der Waals surface area contributed by atoms with Crippen LogP contribution in [0.2, 0.25) is 5.02 Å². The van der Waals surface area contributed by atoms with Crippen molar-refractivity contribution in [3.8, 4) is 0 Å². The van der Waals surface area contributed by atoms with Crippen molar-refractivity contribution in [2.75, 3.05) is 45.8 Å². The number of halogens is 1. The highest BCUT2D eigenvalue weighted by Gasteiger charge is 2.14. The van der Waals surface area contributed by atoms with E-state index in [1.54, 1.807) is 18.2 Å². The van der Waals surface area contributed by atoms with Crippen LogP contribution in [0.4, 0.5) is 0 Å². The van der Waals surface area contributed by atoms with Crippen LogP contribution in [-0.2, 0) is 0 Å². The summed E-state index contributed by atoms with van der Waals surface area (Å²) in [4.78, 5) is 19.3. The maximum Gasteiger partial charge on any atom is 0.252 e. The topological polar surface area (TPSA) is 68.8 Å². The molecule has 0 saturated carbocycles. The minimum absolute atomic E-state index is 0.162. The summed E-state index contributed by atoms with van der Waals surface area (Å²) in [6.07, 6.45) is 3.69. The highest BCUT2D eigenvalue weighted by molar-refractivity contribution is 6.33. The second-order valence-corrected chi connectivity index (χ2v) is 7.71. The number of hydrogen-bond acceptors (Lipinski definition) is 3. The number of carbonyl (C=O) groups excluding carboxylic acids is 1. The zero-order chi connectivity index (χ0) is 20.2. The fraction of sp³-hybridized carbons (Fsp3) is 0.619. The van der Waals surface area contributed by atoms with Gasteiger partial charge in [0.2, 0.25) is 0 Å². The molecule has 156 valence electrons. The Kier molecular flexibility index (Phi) is 10.1. The summed E-state index contributed by atoms with van der Waals surface area (Å²) >= 11 is 6.05. The van der Waals surface area contributed by atoms with Gasteiger partial charge < -0.3 is 20.9 Å². The predicted octanol–water partition coefficient (Wildman–Crippen LogP) is 2.75. The third-order valence-corrected chi connectivity index (χ3v) is 5.27. The quantitative estimate of drug-likeness (QED) is 0.334. The van der Waals surface area contributed by atoms with E-state index in [1.165, 1.54) is 25.9 Å². The van der Waals surface area contributed by atoms with Crippen LogP contribution in [0.1, 0.15) is 43.5 Å². The highest BCUT2D eigenvalue weighted by atomic mass is 35.5. The number of piperidine rings is 1. The lowest BCUT2D eigenvalue weighted by Gasteiger charge is -2.29. The van der Waals surface area contributed by atoms with Gasteiger partial charge in [-0.15, -0.1) is 0 Å². The van der Waals surface area contributed by atoms with Crippen LogP contribution in [0.15, 0.2) is 29.3 Å². The van der Waals surface area contributed by atoms with Crippen LogP contribution in [0, 0.1) is 5.92 Å². The Balaban J connectivity index is 1.65. The number of rotatable bonds is 9. The van der Waals surface area contributed by atoms with Crippen LogP contribution in [0.5, 0.6) is 0 Å². The fourth-order valence-electron chi connectivity index (χ4n) is 3.21. The fourth-order valence-corrected chi connectivity index (χ4v) is 3.43. The Morgan fingerprint density at radius 1 is 1.18 bits per heavy atom. The zero-order valence-corrected chi connectivity index (χ0v) is 17.9. The molecule has 0 aliphatic carbocycles. The Labute approximate surface area is 174 Å². The van der Waals surface area contributed by atoms with Gasteiger partial charge in [-0.25, -0.2) is 0 Å². The summed E-state index contributed by atoms with van der Waals surface area (Å²) in [5.74, 6) is 1.50. The summed E-state index contributed by atoms with van der Waals surface area (Å²) in [6.45, 7) is 10.6. The molecule has 1 aromatic rings. The standard InChI is InChI=1S/C21H34ClN5O/c1-3-23-21(25-11-6-14-27-15-9-17(2)10-16-27)26-13-12-24-20(28)18-7-4-5-8-19(18)22/h4-5,7-8,17H,3,6,9-16H2,1-2H3,(H,24,28)(H2,23,25,26). The molecule has 1 aliphatic heterocycles. The number of amides is 1. The average Bonchev–Trinajstić information content (AvgIpc) is 2.70. The maximum absolute atomic E-state index is 12.1. The summed E-state index contributed by atoms with van der Waals surface area (Å²) in [5.41, 5.74) is 0.497. The number of nitrogens with zero attached hydrogens (tertiary/aromatic N) is 2. The first-order valence-corrected chi connectivity index (χ1v) is 10.7. The normalized spacial score (nSPS) is 16.0. The molecule has 1 aromatic carbocycles. The van der Waals surface area contributed by atoms with Gasteiger partial charge in [0.25, 0.3) is 5.91 Å². The number of aliphatic imine (C=N–C) groups is 1. The second kappa shape index (κ2) is 12.6. The Morgan fingerprint density at radius 3 is 2.61 bits per heavy atom. The summed E-state index contributed by atoms with van der Waals surface area (Å²) < 4.78 is 0. The molecule has 1 fully saturated rings. The van der Waals surface area contributed by atoms with E-state index < -0.39 is 0 Å². The number of hydrogen-bond donors (Lipinski definition) is 3. The first-order chi connectivity index (χ1) is 13.6. The molecule has 1 amide bonds. The SMILES string of the molecule is CCNC(=NCCCN1CCC(C)CC1)NCCNC(=O)c1ccccc1Cl. The van der Waals surface area contributed by atoms with Gasteiger partial charge in [0.1, 0.15) is 0 Å². The number of carbonyl (C=O) groups is 1. The van der Waals surface area contributed by atoms with Gasteiger partial charge >= 0.3 is 0 Å². The molecular formula is C21H34ClN5O. The minimum Gasteiger partial charge on any atom is -0.357 e. The molecule has 6 nitrogen and oxygen atoms in total. The van der Waals surface area contributed by atoms with Crippen molar-refractivity contribution in [3.63, 3.8) is 0 Å². The van der Waals surface area contributed by atoms with Crippen molar-refractivity contribution in [2.24, 2.45) is 10.9 Å². The van der Waals surface area contributed by atoms with Crippen molar-refractivity contribution in [1.29, 1.82) is 0 Å². The lowest BCUT2D eigenvalue weighted by Crippen LogP contribution is -2.41. The van der Waals surface area contributed by atoms with Crippen molar-refractivity contribution >= 4 is 23.5 Å². The molecular weight excluding hydrogens is 374 g/mol. The first-order valence-electron chi connectivity index (χ1n) is 10.4. The summed E-state index contributed by atoms with van der Waals surface area (Å²) in [6, 6.07) is 7.06. The predicted molar refractivity (Wildman–Crippen MR) is 117 cm³/mol. The molecule has 7 heteroatoms. The molecule has 1 heterocycles. The van der Waals surface area contributed by atoms with E-state index in [9.17, 15) is 4.79 Å². The van der Waals surface area contributed by atoms with Gasteiger partial charge in [-0.2, -0.15) is 0 Å². The van der Waals surface area contributed by atoms with E-state index in [-0.39, 0.29) is 5.91 Å².